The molecular weight excluding hydrogens is 224 g/mol. The summed E-state index contributed by atoms with van der Waals surface area (Å²) in [5, 5.41) is 10.1. The number of benzene rings is 1. The molecule has 102 valence electrons. The van der Waals surface area contributed by atoms with E-state index < -0.39 is 0 Å². The molecular formula is C16H26O2. The Bertz CT molecular complexity index is 327. The fourth-order valence-electron chi connectivity index (χ4n) is 1.93. The first-order chi connectivity index (χ1) is 8.49. The molecule has 0 aromatic heterocycles. The lowest BCUT2D eigenvalue weighted by Gasteiger charge is -2.14. The molecule has 0 saturated carbocycles. The van der Waals surface area contributed by atoms with Crippen LogP contribution in [0.1, 0.15) is 58.6 Å². The molecule has 0 amide bonds. The molecule has 1 aromatic rings. The number of hydrogen-bond acceptors (Lipinski definition) is 2. The van der Waals surface area contributed by atoms with Gasteiger partial charge in [0.1, 0.15) is 5.75 Å². The van der Waals surface area contributed by atoms with Crippen molar-refractivity contribution in [1.82, 2.24) is 0 Å². The second-order valence-electron chi connectivity index (χ2n) is 5.58. The van der Waals surface area contributed by atoms with Gasteiger partial charge in [0.2, 0.25) is 0 Å². The van der Waals surface area contributed by atoms with E-state index >= 15 is 0 Å². The van der Waals surface area contributed by atoms with E-state index in [9.17, 15) is 5.11 Å². The summed E-state index contributed by atoms with van der Waals surface area (Å²) in [6.07, 6.45) is 2.92. The van der Waals surface area contributed by atoms with Crippen LogP contribution in [0, 0.1) is 5.92 Å². The first-order valence-corrected chi connectivity index (χ1v) is 6.93. The first-order valence-electron chi connectivity index (χ1n) is 6.93. The van der Waals surface area contributed by atoms with E-state index in [1.807, 2.05) is 38.1 Å². The third-order valence-corrected chi connectivity index (χ3v) is 2.90. The summed E-state index contributed by atoms with van der Waals surface area (Å²) in [7, 11) is 0. The van der Waals surface area contributed by atoms with E-state index in [-0.39, 0.29) is 12.2 Å². The topological polar surface area (TPSA) is 29.5 Å². The van der Waals surface area contributed by atoms with E-state index in [4.69, 9.17) is 4.74 Å². The molecule has 1 aromatic carbocycles. The molecule has 0 heterocycles. The molecule has 2 nitrogen and oxygen atoms in total. The lowest BCUT2D eigenvalue weighted by atomic mass is 10.00. The standard InChI is InChI=1S/C16H26O2/c1-12(2)6-5-7-16(17)14-8-10-15(11-9-14)18-13(3)4/h8-13,16-17H,5-7H2,1-4H3. The highest BCUT2D eigenvalue weighted by Crippen LogP contribution is 2.23. The highest BCUT2D eigenvalue weighted by molar-refractivity contribution is 5.28. The van der Waals surface area contributed by atoms with Crippen LogP contribution in [0.5, 0.6) is 5.75 Å². The van der Waals surface area contributed by atoms with Crippen molar-refractivity contribution in [2.75, 3.05) is 0 Å². The molecule has 1 rings (SSSR count). The maximum atomic E-state index is 10.1. The Labute approximate surface area is 111 Å². The Balaban J connectivity index is 2.46. The molecule has 0 fully saturated rings. The molecule has 0 aliphatic carbocycles. The highest BCUT2D eigenvalue weighted by Gasteiger charge is 2.08. The molecule has 1 N–H and O–H groups in total. The van der Waals surface area contributed by atoms with Crippen LogP contribution in [0.2, 0.25) is 0 Å². The summed E-state index contributed by atoms with van der Waals surface area (Å²) in [4.78, 5) is 0. The van der Waals surface area contributed by atoms with Crippen LogP contribution in [0.4, 0.5) is 0 Å². The molecule has 0 aliphatic heterocycles. The largest absolute Gasteiger partial charge is 0.491 e. The van der Waals surface area contributed by atoms with Crippen LogP contribution in [-0.2, 0) is 0 Å². The number of aliphatic hydroxyl groups excluding tert-OH is 1. The van der Waals surface area contributed by atoms with Crippen molar-refractivity contribution >= 4 is 0 Å². The van der Waals surface area contributed by atoms with Crippen LogP contribution in [0.3, 0.4) is 0 Å². The van der Waals surface area contributed by atoms with E-state index in [2.05, 4.69) is 13.8 Å². The van der Waals surface area contributed by atoms with Gasteiger partial charge in [0.15, 0.2) is 0 Å². The summed E-state index contributed by atoms with van der Waals surface area (Å²) in [6.45, 7) is 8.44. The van der Waals surface area contributed by atoms with Gasteiger partial charge < -0.3 is 9.84 Å². The minimum Gasteiger partial charge on any atom is -0.491 e. The zero-order chi connectivity index (χ0) is 13.5. The van der Waals surface area contributed by atoms with Crippen molar-refractivity contribution in [3.63, 3.8) is 0 Å². The average molecular weight is 250 g/mol. The molecule has 1 unspecified atom stereocenters. The summed E-state index contributed by atoms with van der Waals surface area (Å²) in [6, 6.07) is 7.78. The van der Waals surface area contributed by atoms with Crippen LogP contribution in [0.25, 0.3) is 0 Å². The van der Waals surface area contributed by atoms with Gasteiger partial charge in [0.05, 0.1) is 12.2 Å². The molecule has 0 spiro atoms. The predicted octanol–water partition coefficient (Wildman–Crippen LogP) is 4.33. The highest BCUT2D eigenvalue weighted by atomic mass is 16.5. The zero-order valence-electron chi connectivity index (χ0n) is 12.0. The Morgan fingerprint density at radius 1 is 1.00 bits per heavy atom. The minimum atomic E-state index is -0.350. The van der Waals surface area contributed by atoms with Gasteiger partial charge >= 0.3 is 0 Å². The van der Waals surface area contributed by atoms with Crippen LogP contribution >= 0.6 is 0 Å². The summed E-state index contributed by atoms with van der Waals surface area (Å²) >= 11 is 0. The van der Waals surface area contributed by atoms with Gasteiger partial charge in [-0.15, -0.1) is 0 Å². The number of rotatable bonds is 7. The quantitative estimate of drug-likeness (QED) is 0.780. The maximum Gasteiger partial charge on any atom is 0.119 e. The van der Waals surface area contributed by atoms with Crippen LogP contribution in [0.15, 0.2) is 24.3 Å². The third-order valence-electron chi connectivity index (χ3n) is 2.90. The molecule has 0 radical (unpaired) electrons. The number of ether oxygens (including phenoxy) is 1. The van der Waals surface area contributed by atoms with Gasteiger partial charge in [0.25, 0.3) is 0 Å². The Kier molecular flexibility index (Phi) is 6.20. The van der Waals surface area contributed by atoms with E-state index in [0.29, 0.717) is 5.92 Å². The van der Waals surface area contributed by atoms with Gasteiger partial charge in [-0.25, -0.2) is 0 Å². The van der Waals surface area contributed by atoms with E-state index in [0.717, 1.165) is 24.2 Å². The van der Waals surface area contributed by atoms with Crippen molar-refractivity contribution in [2.45, 2.75) is 59.2 Å². The predicted molar refractivity (Wildman–Crippen MR) is 75.9 cm³/mol. The Morgan fingerprint density at radius 2 is 1.61 bits per heavy atom. The average Bonchev–Trinajstić information content (AvgIpc) is 2.28. The Hall–Kier alpha value is -1.02. The van der Waals surface area contributed by atoms with E-state index in [1.165, 1.54) is 6.42 Å². The number of hydrogen-bond donors (Lipinski definition) is 1. The maximum absolute atomic E-state index is 10.1. The van der Waals surface area contributed by atoms with Gasteiger partial charge in [-0.2, -0.15) is 0 Å². The van der Waals surface area contributed by atoms with Crippen molar-refractivity contribution in [3.8, 4) is 5.75 Å². The first kappa shape index (κ1) is 15.0. The van der Waals surface area contributed by atoms with Gasteiger partial charge in [-0.1, -0.05) is 38.8 Å². The minimum absolute atomic E-state index is 0.187. The zero-order valence-corrected chi connectivity index (χ0v) is 12.0. The Morgan fingerprint density at radius 3 is 2.11 bits per heavy atom. The molecule has 0 bridgehead atoms. The molecule has 1 atom stereocenters. The number of aliphatic hydroxyl groups is 1. The summed E-state index contributed by atoms with van der Waals surface area (Å²) in [5.41, 5.74) is 0.981. The molecule has 2 heteroatoms. The fraction of sp³-hybridized carbons (Fsp3) is 0.625. The van der Waals surface area contributed by atoms with Crippen LogP contribution in [-0.4, -0.2) is 11.2 Å². The molecule has 0 aliphatic rings. The lowest BCUT2D eigenvalue weighted by molar-refractivity contribution is 0.162. The third kappa shape index (κ3) is 5.54. The van der Waals surface area contributed by atoms with Crippen molar-refractivity contribution in [1.29, 1.82) is 0 Å². The van der Waals surface area contributed by atoms with Crippen LogP contribution < -0.4 is 4.74 Å². The molecule has 0 saturated heterocycles. The monoisotopic (exact) mass is 250 g/mol. The van der Waals surface area contributed by atoms with E-state index in [1.54, 1.807) is 0 Å². The van der Waals surface area contributed by atoms with Crippen molar-refractivity contribution in [2.24, 2.45) is 5.92 Å². The molecule has 18 heavy (non-hydrogen) atoms. The van der Waals surface area contributed by atoms with Crippen molar-refractivity contribution in [3.05, 3.63) is 29.8 Å². The second-order valence-corrected chi connectivity index (χ2v) is 5.58. The fourth-order valence-corrected chi connectivity index (χ4v) is 1.93. The van der Waals surface area contributed by atoms with Gasteiger partial charge in [-0.3, -0.25) is 0 Å². The second kappa shape index (κ2) is 7.42. The van der Waals surface area contributed by atoms with Crippen molar-refractivity contribution < 1.29 is 9.84 Å². The van der Waals surface area contributed by atoms with Gasteiger partial charge in [0, 0.05) is 0 Å². The summed E-state index contributed by atoms with van der Waals surface area (Å²) < 4.78 is 5.58. The normalized spacial score (nSPS) is 13.1. The lowest BCUT2D eigenvalue weighted by Crippen LogP contribution is -2.05. The smallest absolute Gasteiger partial charge is 0.119 e. The summed E-state index contributed by atoms with van der Waals surface area (Å²) in [5.74, 6) is 1.57. The SMILES string of the molecule is CC(C)CCCC(O)c1ccc(OC(C)C)cc1. The van der Waals surface area contributed by atoms with Gasteiger partial charge in [-0.05, 0) is 43.9 Å².